The van der Waals surface area contributed by atoms with Crippen LogP contribution in [-0.4, -0.2) is 33.5 Å². The molecular formula is C12H12FN5O2. The molecule has 2 amide bonds. The number of nitrogens with one attached hydrogen (secondary N) is 3. The Morgan fingerprint density at radius 1 is 1.35 bits per heavy atom. The normalized spacial score (nSPS) is 10.1. The van der Waals surface area contributed by atoms with Gasteiger partial charge in [0.05, 0.1) is 12.1 Å². The van der Waals surface area contributed by atoms with Crippen molar-refractivity contribution in [2.75, 3.05) is 11.9 Å². The molecule has 20 heavy (non-hydrogen) atoms. The van der Waals surface area contributed by atoms with Crippen molar-refractivity contribution in [3.63, 3.8) is 0 Å². The van der Waals surface area contributed by atoms with Crippen LogP contribution in [0.15, 0.2) is 24.3 Å². The third kappa shape index (κ3) is 3.37. The summed E-state index contributed by atoms with van der Waals surface area (Å²) in [6, 6.07) is 5.52. The van der Waals surface area contributed by atoms with Gasteiger partial charge < -0.3 is 5.32 Å². The van der Waals surface area contributed by atoms with Crippen molar-refractivity contribution in [3.8, 4) is 0 Å². The monoisotopic (exact) mass is 277 g/mol. The summed E-state index contributed by atoms with van der Waals surface area (Å²) >= 11 is 0. The van der Waals surface area contributed by atoms with Crippen molar-refractivity contribution in [2.24, 2.45) is 0 Å². The Balaban J connectivity index is 1.87. The van der Waals surface area contributed by atoms with Crippen molar-refractivity contribution in [1.29, 1.82) is 0 Å². The molecule has 3 N–H and O–H groups in total. The Bertz CT molecular complexity index is 640. The van der Waals surface area contributed by atoms with E-state index in [-0.39, 0.29) is 18.1 Å². The fraction of sp³-hybridized carbons (Fsp3) is 0.167. The average molecular weight is 277 g/mol. The van der Waals surface area contributed by atoms with Gasteiger partial charge in [-0.25, -0.2) is 4.39 Å². The minimum atomic E-state index is -0.663. The Morgan fingerprint density at radius 3 is 2.75 bits per heavy atom. The molecule has 0 radical (unpaired) electrons. The summed E-state index contributed by atoms with van der Waals surface area (Å²) in [5.41, 5.74) is -0.117. The number of aryl methyl sites for hydroxylation is 1. The highest BCUT2D eigenvalue weighted by molar-refractivity contribution is 5.98. The van der Waals surface area contributed by atoms with Crippen LogP contribution >= 0.6 is 0 Å². The van der Waals surface area contributed by atoms with E-state index in [0.29, 0.717) is 5.82 Å². The molecular weight excluding hydrogens is 265 g/mol. The molecule has 0 unspecified atom stereocenters. The predicted molar refractivity (Wildman–Crippen MR) is 68.5 cm³/mol. The zero-order valence-electron chi connectivity index (χ0n) is 10.6. The zero-order chi connectivity index (χ0) is 14.5. The number of aromatic nitrogens is 3. The van der Waals surface area contributed by atoms with E-state index in [9.17, 15) is 14.0 Å². The molecule has 0 saturated carbocycles. The van der Waals surface area contributed by atoms with Crippen LogP contribution in [0.5, 0.6) is 0 Å². The molecule has 8 heteroatoms. The molecule has 104 valence electrons. The van der Waals surface area contributed by atoms with Crippen LogP contribution in [-0.2, 0) is 4.79 Å². The molecule has 0 atom stereocenters. The summed E-state index contributed by atoms with van der Waals surface area (Å²) in [6.07, 6.45) is 0. The third-order valence-electron chi connectivity index (χ3n) is 2.38. The molecule has 0 aliphatic heterocycles. The zero-order valence-corrected chi connectivity index (χ0v) is 10.6. The van der Waals surface area contributed by atoms with Gasteiger partial charge in [-0.15, -0.1) is 5.10 Å². The number of benzene rings is 1. The standard InChI is InChI=1S/C12H12FN5O2/c1-7-15-12(18-17-7)16-10(19)6-14-11(20)8-4-2-3-5-9(8)13/h2-5H,6H2,1H3,(H,14,20)(H2,15,16,17,18,19). The van der Waals surface area contributed by atoms with Gasteiger partial charge in [0, 0.05) is 0 Å². The Kier molecular flexibility index (Phi) is 4.04. The molecule has 1 aromatic heterocycles. The molecule has 1 aromatic carbocycles. The molecule has 0 saturated heterocycles. The van der Waals surface area contributed by atoms with Gasteiger partial charge in [0.2, 0.25) is 11.9 Å². The van der Waals surface area contributed by atoms with Crippen LogP contribution in [0.2, 0.25) is 0 Å². The number of rotatable bonds is 4. The lowest BCUT2D eigenvalue weighted by Crippen LogP contribution is -2.33. The highest BCUT2D eigenvalue weighted by Gasteiger charge is 2.12. The van der Waals surface area contributed by atoms with Crippen LogP contribution in [0.1, 0.15) is 16.2 Å². The van der Waals surface area contributed by atoms with Crippen LogP contribution in [0.25, 0.3) is 0 Å². The van der Waals surface area contributed by atoms with Crippen molar-refractivity contribution in [1.82, 2.24) is 20.5 Å². The first-order valence-corrected chi connectivity index (χ1v) is 5.78. The number of H-pyrrole nitrogens is 1. The van der Waals surface area contributed by atoms with Gasteiger partial charge in [-0.2, -0.15) is 4.98 Å². The first kappa shape index (κ1) is 13.7. The Hall–Kier alpha value is -2.77. The number of hydrogen-bond donors (Lipinski definition) is 3. The third-order valence-corrected chi connectivity index (χ3v) is 2.38. The van der Waals surface area contributed by atoms with Gasteiger partial charge in [0.25, 0.3) is 5.91 Å². The molecule has 0 aliphatic rings. The summed E-state index contributed by atoms with van der Waals surface area (Å²) in [7, 11) is 0. The molecule has 0 spiro atoms. The van der Waals surface area contributed by atoms with E-state index in [1.165, 1.54) is 24.3 Å². The van der Waals surface area contributed by atoms with Crippen molar-refractivity contribution in [3.05, 3.63) is 41.5 Å². The summed E-state index contributed by atoms with van der Waals surface area (Å²) < 4.78 is 13.3. The fourth-order valence-electron chi connectivity index (χ4n) is 1.47. The smallest absolute Gasteiger partial charge is 0.254 e. The second-order valence-electron chi connectivity index (χ2n) is 3.96. The lowest BCUT2D eigenvalue weighted by Gasteiger charge is -2.05. The van der Waals surface area contributed by atoms with Gasteiger partial charge in [-0.05, 0) is 19.1 Å². The minimum Gasteiger partial charge on any atom is -0.343 e. The topological polar surface area (TPSA) is 99.8 Å². The van der Waals surface area contributed by atoms with Crippen LogP contribution < -0.4 is 10.6 Å². The van der Waals surface area contributed by atoms with Gasteiger partial charge in [-0.1, -0.05) is 12.1 Å². The number of aromatic amines is 1. The summed E-state index contributed by atoms with van der Waals surface area (Å²) in [6.45, 7) is 1.38. The van der Waals surface area contributed by atoms with Crippen molar-refractivity contribution in [2.45, 2.75) is 6.92 Å². The second kappa shape index (κ2) is 5.91. The van der Waals surface area contributed by atoms with Gasteiger partial charge in [0.1, 0.15) is 11.6 Å². The van der Waals surface area contributed by atoms with E-state index in [1.807, 2.05) is 0 Å². The average Bonchev–Trinajstić information content (AvgIpc) is 2.82. The molecule has 0 aliphatic carbocycles. The van der Waals surface area contributed by atoms with Crippen molar-refractivity contribution >= 4 is 17.8 Å². The maximum atomic E-state index is 13.3. The van der Waals surface area contributed by atoms with E-state index in [0.717, 1.165) is 0 Å². The Labute approximate surface area is 113 Å². The maximum Gasteiger partial charge on any atom is 0.254 e. The second-order valence-corrected chi connectivity index (χ2v) is 3.96. The largest absolute Gasteiger partial charge is 0.343 e. The first-order valence-electron chi connectivity index (χ1n) is 5.78. The minimum absolute atomic E-state index is 0.117. The van der Waals surface area contributed by atoms with Gasteiger partial charge >= 0.3 is 0 Å². The quantitative estimate of drug-likeness (QED) is 0.762. The van der Waals surface area contributed by atoms with E-state index in [4.69, 9.17) is 0 Å². The molecule has 1 heterocycles. The van der Waals surface area contributed by atoms with E-state index < -0.39 is 17.6 Å². The highest BCUT2D eigenvalue weighted by atomic mass is 19.1. The molecule has 2 rings (SSSR count). The number of halogens is 1. The fourth-order valence-corrected chi connectivity index (χ4v) is 1.47. The molecule has 0 fully saturated rings. The van der Waals surface area contributed by atoms with E-state index in [1.54, 1.807) is 6.92 Å². The lowest BCUT2D eigenvalue weighted by molar-refractivity contribution is -0.115. The summed E-state index contributed by atoms with van der Waals surface area (Å²) in [4.78, 5) is 27.1. The van der Waals surface area contributed by atoms with Crippen LogP contribution in [0.4, 0.5) is 10.3 Å². The first-order chi connectivity index (χ1) is 9.56. The molecule has 0 bridgehead atoms. The van der Waals surface area contributed by atoms with E-state index >= 15 is 0 Å². The van der Waals surface area contributed by atoms with Crippen molar-refractivity contribution < 1.29 is 14.0 Å². The number of anilines is 1. The maximum absolute atomic E-state index is 13.3. The SMILES string of the molecule is Cc1nc(NC(=O)CNC(=O)c2ccccc2F)n[nH]1. The van der Waals surface area contributed by atoms with Crippen LogP contribution in [0.3, 0.4) is 0 Å². The molecule has 2 aromatic rings. The van der Waals surface area contributed by atoms with Gasteiger partial charge in [-0.3, -0.25) is 20.0 Å². The number of nitrogens with zero attached hydrogens (tertiary/aromatic N) is 2. The highest BCUT2D eigenvalue weighted by Crippen LogP contribution is 2.05. The number of carbonyl (C=O) groups excluding carboxylic acids is 2. The predicted octanol–water partition coefficient (Wildman–Crippen LogP) is 0.621. The summed E-state index contributed by atoms with van der Waals surface area (Å²) in [5.74, 6) is -1.14. The Morgan fingerprint density at radius 2 is 2.10 bits per heavy atom. The lowest BCUT2D eigenvalue weighted by atomic mass is 10.2. The summed E-state index contributed by atoms with van der Waals surface area (Å²) in [5, 5.41) is 11.0. The number of carbonyl (C=O) groups is 2. The molecule has 7 nitrogen and oxygen atoms in total. The van der Waals surface area contributed by atoms with Gasteiger partial charge in [0.15, 0.2) is 0 Å². The number of hydrogen-bond acceptors (Lipinski definition) is 4. The van der Waals surface area contributed by atoms with E-state index in [2.05, 4.69) is 25.8 Å². The number of amides is 2. The van der Waals surface area contributed by atoms with Crippen LogP contribution in [0, 0.1) is 12.7 Å².